The molecule has 10 nitrogen and oxygen atoms in total. The molecule has 0 saturated heterocycles. The average molecular weight is 497 g/mol. The second-order valence-corrected chi connectivity index (χ2v) is 8.37. The third kappa shape index (κ3) is 6.67. The number of methoxy groups -OCH3 is 1. The molecule has 0 spiro atoms. The van der Waals surface area contributed by atoms with E-state index in [2.05, 4.69) is 15.6 Å². The zero-order valence-corrected chi connectivity index (χ0v) is 20.3. The van der Waals surface area contributed by atoms with Crippen LogP contribution in [0, 0.1) is 0 Å². The van der Waals surface area contributed by atoms with Crippen LogP contribution in [-0.4, -0.2) is 50.5 Å². The highest BCUT2D eigenvalue weighted by atomic mass is 16.5. The van der Waals surface area contributed by atoms with E-state index in [4.69, 9.17) is 23.8 Å². The molecule has 2 heterocycles. The van der Waals surface area contributed by atoms with Crippen molar-refractivity contribution in [3.8, 4) is 11.5 Å². The Bertz CT molecular complexity index is 1190. The van der Waals surface area contributed by atoms with Gasteiger partial charge in [0.25, 0.3) is 0 Å². The summed E-state index contributed by atoms with van der Waals surface area (Å²) in [5, 5.41) is 16.3. The van der Waals surface area contributed by atoms with E-state index < -0.39 is 0 Å². The molecule has 4 rings (SSSR count). The Morgan fingerprint density at radius 2 is 1.89 bits per heavy atom. The minimum absolute atomic E-state index is 0.319. The van der Waals surface area contributed by atoms with Gasteiger partial charge in [-0.1, -0.05) is 12.8 Å². The quantitative estimate of drug-likeness (QED) is 0.154. The topological polar surface area (TPSA) is 127 Å². The number of anilines is 2. The Balaban J connectivity index is 1.42. The van der Waals surface area contributed by atoms with E-state index in [1.54, 1.807) is 18.9 Å². The molecule has 4 N–H and O–H groups in total. The van der Waals surface area contributed by atoms with Crippen molar-refractivity contribution in [1.82, 2.24) is 5.48 Å². The summed E-state index contributed by atoms with van der Waals surface area (Å²) in [7, 11) is 1.63. The third-order valence-electron chi connectivity index (χ3n) is 5.79. The van der Waals surface area contributed by atoms with Gasteiger partial charge in [-0.3, -0.25) is 10.0 Å². The Kier molecular flexibility index (Phi) is 9.01. The standard InChI is InChI=1S/C26H32N4O6/c1-33-12-13-36-23-15-20-21(16-24(23)34-10-5-3-2-4-6-25(31)30-32)27-17-28-26(20)29-19-7-8-22-18(14-19)9-11-35-22/h7-9,11,14-16,27,32H,2-6,10,12-13,17H2,1H3,(H,28,29)(H,30,31). The van der Waals surface area contributed by atoms with Crippen LogP contribution < -0.4 is 25.6 Å². The minimum Gasteiger partial charge on any atom is -0.490 e. The maximum atomic E-state index is 11.1. The van der Waals surface area contributed by atoms with Crippen molar-refractivity contribution >= 4 is 34.1 Å². The monoisotopic (exact) mass is 496 g/mol. The molecule has 36 heavy (non-hydrogen) atoms. The number of furan rings is 1. The van der Waals surface area contributed by atoms with Crippen LogP contribution in [0.5, 0.6) is 11.5 Å². The first-order valence-electron chi connectivity index (χ1n) is 12.1. The van der Waals surface area contributed by atoms with Gasteiger partial charge in [0.15, 0.2) is 11.5 Å². The molecule has 1 aromatic heterocycles. The first-order valence-corrected chi connectivity index (χ1v) is 12.1. The summed E-state index contributed by atoms with van der Waals surface area (Å²) in [6.45, 7) is 1.81. The van der Waals surface area contributed by atoms with Gasteiger partial charge < -0.3 is 29.3 Å². The zero-order chi connectivity index (χ0) is 25.2. The van der Waals surface area contributed by atoms with Crippen molar-refractivity contribution in [3.05, 3.63) is 48.2 Å². The summed E-state index contributed by atoms with van der Waals surface area (Å²) in [5.41, 5.74) is 5.19. The lowest BCUT2D eigenvalue weighted by Crippen LogP contribution is -2.22. The molecule has 3 aromatic rings. The van der Waals surface area contributed by atoms with E-state index >= 15 is 0 Å². The van der Waals surface area contributed by atoms with Crippen molar-refractivity contribution < 1.29 is 28.6 Å². The van der Waals surface area contributed by atoms with Crippen molar-refractivity contribution in [1.29, 1.82) is 0 Å². The number of hydrogen-bond acceptors (Lipinski definition) is 9. The molecule has 0 radical (unpaired) electrons. The average Bonchev–Trinajstić information content (AvgIpc) is 3.36. The Morgan fingerprint density at radius 1 is 1.06 bits per heavy atom. The summed E-state index contributed by atoms with van der Waals surface area (Å²) in [5.74, 6) is 1.65. The fourth-order valence-corrected chi connectivity index (χ4v) is 3.92. The maximum Gasteiger partial charge on any atom is 0.243 e. The van der Waals surface area contributed by atoms with Crippen molar-refractivity contribution in [3.63, 3.8) is 0 Å². The first kappa shape index (κ1) is 25.3. The number of aliphatic imine (C=N–C) groups is 1. The molecule has 1 aliphatic rings. The van der Waals surface area contributed by atoms with Crippen molar-refractivity contribution in [2.24, 2.45) is 4.99 Å². The maximum absolute atomic E-state index is 11.1. The van der Waals surface area contributed by atoms with E-state index in [-0.39, 0.29) is 5.91 Å². The number of amidine groups is 1. The first-order chi connectivity index (χ1) is 17.7. The molecule has 0 bridgehead atoms. The second-order valence-electron chi connectivity index (χ2n) is 8.37. The molecule has 192 valence electrons. The fourth-order valence-electron chi connectivity index (χ4n) is 3.92. The van der Waals surface area contributed by atoms with Crippen LogP contribution in [0.3, 0.4) is 0 Å². The number of amides is 1. The van der Waals surface area contributed by atoms with Crippen LogP contribution >= 0.6 is 0 Å². The lowest BCUT2D eigenvalue weighted by Gasteiger charge is -2.23. The number of ether oxygens (including phenoxy) is 3. The normalized spacial score (nSPS) is 12.4. The SMILES string of the molecule is COCCOc1cc2c(cc1OCCCCCCC(=O)NO)NCN=C2Nc1ccc2occc2c1. The number of nitrogens with zero attached hydrogens (tertiary/aromatic N) is 1. The Morgan fingerprint density at radius 3 is 2.75 bits per heavy atom. The molecular formula is C26H32N4O6. The van der Waals surface area contributed by atoms with Crippen LogP contribution in [0.15, 0.2) is 52.1 Å². The van der Waals surface area contributed by atoms with Gasteiger partial charge in [-0.2, -0.15) is 0 Å². The lowest BCUT2D eigenvalue weighted by molar-refractivity contribution is -0.129. The van der Waals surface area contributed by atoms with Gasteiger partial charge in [0.1, 0.15) is 24.7 Å². The van der Waals surface area contributed by atoms with Gasteiger partial charge in [-0.15, -0.1) is 0 Å². The van der Waals surface area contributed by atoms with E-state index in [1.807, 2.05) is 36.4 Å². The molecule has 1 aliphatic heterocycles. The molecule has 10 heteroatoms. The van der Waals surface area contributed by atoms with Gasteiger partial charge in [0.05, 0.1) is 25.2 Å². The molecular weight excluding hydrogens is 464 g/mol. The van der Waals surface area contributed by atoms with E-state index in [0.29, 0.717) is 44.4 Å². The van der Waals surface area contributed by atoms with E-state index in [0.717, 1.165) is 59.4 Å². The van der Waals surface area contributed by atoms with Crippen LogP contribution in [0.2, 0.25) is 0 Å². The summed E-state index contributed by atoms with van der Waals surface area (Å²) < 4.78 is 22.6. The van der Waals surface area contributed by atoms with Crippen molar-refractivity contribution in [2.75, 3.05) is 44.2 Å². The van der Waals surface area contributed by atoms with Crippen LogP contribution in [-0.2, 0) is 9.53 Å². The highest BCUT2D eigenvalue weighted by Crippen LogP contribution is 2.36. The van der Waals surface area contributed by atoms with Crippen LogP contribution in [0.1, 0.15) is 37.7 Å². The number of carbonyl (C=O) groups is 1. The van der Waals surface area contributed by atoms with Gasteiger partial charge in [-0.05, 0) is 43.2 Å². The van der Waals surface area contributed by atoms with Crippen LogP contribution in [0.4, 0.5) is 11.4 Å². The molecule has 0 atom stereocenters. The second kappa shape index (κ2) is 12.8. The van der Waals surface area contributed by atoms with Gasteiger partial charge in [-0.25, -0.2) is 10.5 Å². The van der Waals surface area contributed by atoms with Gasteiger partial charge >= 0.3 is 0 Å². The molecule has 0 aliphatic carbocycles. The molecule has 0 unspecified atom stereocenters. The number of benzene rings is 2. The Hall–Kier alpha value is -3.76. The summed E-state index contributed by atoms with van der Waals surface area (Å²) >= 11 is 0. The molecule has 2 aromatic carbocycles. The van der Waals surface area contributed by atoms with E-state index in [1.165, 1.54) is 0 Å². The number of carbonyl (C=O) groups excluding carboxylic acids is 1. The summed E-state index contributed by atoms with van der Waals surface area (Å²) in [6, 6.07) is 11.7. The number of unbranched alkanes of at least 4 members (excludes halogenated alkanes) is 3. The highest BCUT2D eigenvalue weighted by Gasteiger charge is 2.19. The number of rotatable bonds is 13. The van der Waals surface area contributed by atoms with Crippen LogP contribution in [0.25, 0.3) is 11.0 Å². The predicted octanol–water partition coefficient (Wildman–Crippen LogP) is 4.53. The van der Waals surface area contributed by atoms with Gasteiger partial charge in [0.2, 0.25) is 5.91 Å². The lowest BCUT2D eigenvalue weighted by atomic mass is 10.1. The summed E-state index contributed by atoms with van der Waals surface area (Å²) in [6.07, 6.45) is 5.36. The summed E-state index contributed by atoms with van der Waals surface area (Å²) in [4.78, 5) is 15.7. The largest absolute Gasteiger partial charge is 0.490 e. The number of fused-ring (bicyclic) bond motifs is 2. The number of nitrogens with one attached hydrogen (secondary N) is 3. The fraction of sp³-hybridized carbons (Fsp3) is 0.385. The minimum atomic E-state index is -0.356. The predicted molar refractivity (Wildman–Crippen MR) is 137 cm³/mol. The van der Waals surface area contributed by atoms with Crippen molar-refractivity contribution in [2.45, 2.75) is 32.1 Å². The van der Waals surface area contributed by atoms with Gasteiger partial charge in [0, 0.05) is 36.2 Å². The molecule has 0 saturated carbocycles. The van der Waals surface area contributed by atoms with E-state index in [9.17, 15) is 4.79 Å². The Labute approximate surface area is 209 Å². The zero-order valence-electron chi connectivity index (χ0n) is 20.3. The highest BCUT2D eigenvalue weighted by molar-refractivity contribution is 6.13. The number of hydrogen-bond donors (Lipinski definition) is 4. The molecule has 1 amide bonds. The number of hydroxylamine groups is 1. The third-order valence-corrected chi connectivity index (χ3v) is 5.79. The smallest absolute Gasteiger partial charge is 0.243 e. The molecule has 0 fully saturated rings.